The van der Waals surface area contributed by atoms with E-state index < -0.39 is 6.09 Å². The molecule has 0 radical (unpaired) electrons. The molecule has 2 aromatic rings. The van der Waals surface area contributed by atoms with E-state index in [0.717, 1.165) is 35.1 Å². The molecule has 27 heavy (non-hydrogen) atoms. The molecule has 1 amide bonds. The maximum Gasteiger partial charge on any atom is 0.406 e. The molecular formula is C18H28N6O3. The zero-order valence-electron chi connectivity index (χ0n) is 16.3. The summed E-state index contributed by atoms with van der Waals surface area (Å²) in [6, 6.07) is 5.90. The van der Waals surface area contributed by atoms with Crippen LogP contribution in [0.15, 0.2) is 18.2 Å². The summed E-state index contributed by atoms with van der Waals surface area (Å²) in [5, 5.41) is 12.9. The Morgan fingerprint density at radius 3 is 2.78 bits per heavy atom. The lowest BCUT2D eigenvalue weighted by molar-refractivity contribution is 0.114. The highest BCUT2D eigenvalue weighted by molar-refractivity contribution is 5.66. The first-order chi connectivity index (χ1) is 13.0. The normalized spacial score (nSPS) is 10.9. The monoisotopic (exact) mass is 376 g/mol. The highest BCUT2D eigenvalue weighted by Crippen LogP contribution is 2.17. The largest absolute Gasteiger partial charge is 0.453 e. The van der Waals surface area contributed by atoms with Gasteiger partial charge in [0.1, 0.15) is 5.82 Å². The number of carbonyl (C=O) groups is 1. The van der Waals surface area contributed by atoms with Crippen LogP contribution in [0.2, 0.25) is 0 Å². The fourth-order valence-corrected chi connectivity index (χ4v) is 2.43. The zero-order valence-corrected chi connectivity index (χ0v) is 16.3. The van der Waals surface area contributed by atoms with Gasteiger partial charge in [-0.15, -0.1) is 0 Å². The molecule has 0 aliphatic rings. The van der Waals surface area contributed by atoms with E-state index in [1.165, 1.54) is 7.11 Å². The van der Waals surface area contributed by atoms with Gasteiger partial charge in [-0.3, -0.25) is 5.10 Å². The van der Waals surface area contributed by atoms with E-state index in [4.69, 9.17) is 4.74 Å². The summed E-state index contributed by atoms with van der Waals surface area (Å²) in [4.78, 5) is 17.8. The van der Waals surface area contributed by atoms with Crippen LogP contribution in [-0.4, -0.2) is 60.5 Å². The van der Waals surface area contributed by atoms with Gasteiger partial charge in [0.25, 0.3) is 0 Å². The lowest BCUT2D eigenvalue weighted by atomic mass is 10.2. The van der Waals surface area contributed by atoms with Gasteiger partial charge in [-0.25, -0.2) is 9.78 Å². The molecule has 0 aliphatic heterocycles. The molecule has 0 aromatic carbocycles. The molecule has 2 aromatic heterocycles. The third kappa shape index (κ3) is 7.24. The average Bonchev–Trinajstić information content (AvgIpc) is 3.04. The highest BCUT2D eigenvalue weighted by atomic mass is 16.5. The Morgan fingerprint density at radius 1 is 1.30 bits per heavy atom. The SMILES string of the molecule is COC(=O)NCCCOCc1nc(Nc2cc(C)[nH]n2)ccc1CN(C)C. The minimum absolute atomic E-state index is 0.399. The van der Waals surface area contributed by atoms with Crippen LogP contribution in [0, 0.1) is 6.92 Å². The molecule has 0 fully saturated rings. The topological polar surface area (TPSA) is 104 Å². The maximum absolute atomic E-state index is 11.0. The van der Waals surface area contributed by atoms with Gasteiger partial charge in [0, 0.05) is 31.5 Å². The van der Waals surface area contributed by atoms with Gasteiger partial charge in [0.2, 0.25) is 0 Å². The molecule has 148 valence electrons. The van der Waals surface area contributed by atoms with Crippen molar-refractivity contribution in [1.29, 1.82) is 0 Å². The second-order valence-corrected chi connectivity index (χ2v) is 6.43. The Bertz CT molecular complexity index is 732. The second kappa shape index (κ2) is 10.5. The summed E-state index contributed by atoms with van der Waals surface area (Å²) < 4.78 is 10.3. The number of nitrogens with one attached hydrogen (secondary N) is 3. The van der Waals surface area contributed by atoms with Crippen LogP contribution < -0.4 is 10.6 Å². The van der Waals surface area contributed by atoms with Crippen LogP contribution in [0.25, 0.3) is 0 Å². The number of carbonyl (C=O) groups excluding carboxylic acids is 1. The summed E-state index contributed by atoms with van der Waals surface area (Å²) in [7, 11) is 5.37. The molecule has 2 rings (SSSR count). The molecule has 9 nitrogen and oxygen atoms in total. The first-order valence-corrected chi connectivity index (χ1v) is 8.80. The molecule has 0 atom stereocenters. The number of aromatic nitrogens is 3. The van der Waals surface area contributed by atoms with Gasteiger partial charge >= 0.3 is 6.09 Å². The quantitative estimate of drug-likeness (QED) is 0.546. The molecule has 0 unspecified atom stereocenters. The Morgan fingerprint density at radius 2 is 2.11 bits per heavy atom. The smallest absolute Gasteiger partial charge is 0.406 e. The number of rotatable bonds is 10. The standard InChI is InChI=1S/C18H28N6O3/c1-13-10-17(23-22-13)21-16-7-6-14(11-24(2)3)15(20-16)12-27-9-5-8-19-18(25)26-4/h6-7,10H,5,8-9,11-12H2,1-4H3,(H,19,25)(H2,20,21,22,23). The Balaban J connectivity index is 1.93. The number of hydrogen-bond acceptors (Lipinski definition) is 7. The van der Waals surface area contributed by atoms with Crippen molar-refractivity contribution in [2.45, 2.75) is 26.5 Å². The molecule has 9 heteroatoms. The summed E-state index contributed by atoms with van der Waals surface area (Å²) in [6.07, 6.45) is 0.264. The summed E-state index contributed by atoms with van der Waals surface area (Å²) in [6.45, 7) is 4.14. The number of methoxy groups -OCH3 is 1. The molecule has 0 aliphatic carbocycles. The number of pyridine rings is 1. The minimum Gasteiger partial charge on any atom is -0.453 e. The molecule has 0 saturated carbocycles. The number of ether oxygens (including phenoxy) is 2. The van der Waals surface area contributed by atoms with Gasteiger partial charge in [0.05, 0.1) is 19.4 Å². The van der Waals surface area contributed by atoms with E-state index in [9.17, 15) is 4.79 Å². The van der Waals surface area contributed by atoms with Crippen molar-refractivity contribution in [3.63, 3.8) is 0 Å². The molecule has 0 spiro atoms. The fraction of sp³-hybridized carbons (Fsp3) is 0.500. The van der Waals surface area contributed by atoms with Gasteiger partial charge < -0.3 is 25.0 Å². The lowest BCUT2D eigenvalue weighted by Crippen LogP contribution is -2.24. The molecular weight excluding hydrogens is 348 g/mol. The van der Waals surface area contributed by atoms with E-state index in [1.807, 2.05) is 39.2 Å². The number of aryl methyl sites for hydroxylation is 1. The van der Waals surface area contributed by atoms with Crippen molar-refractivity contribution >= 4 is 17.7 Å². The van der Waals surface area contributed by atoms with Crippen molar-refractivity contribution in [3.05, 3.63) is 35.2 Å². The van der Waals surface area contributed by atoms with Crippen LogP contribution in [0.4, 0.5) is 16.4 Å². The molecule has 3 N–H and O–H groups in total. The van der Waals surface area contributed by atoms with Gasteiger partial charge in [-0.05, 0) is 39.1 Å². The first kappa shape index (κ1) is 20.7. The van der Waals surface area contributed by atoms with Crippen molar-refractivity contribution in [3.8, 4) is 0 Å². The third-order valence-corrected chi connectivity index (χ3v) is 3.68. The Labute approximate surface area is 159 Å². The number of H-pyrrole nitrogens is 1. The third-order valence-electron chi connectivity index (χ3n) is 3.68. The second-order valence-electron chi connectivity index (χ2n) is 6.43. The van der Waals surface area contributed by atoms with Crippen LogP contribution in [0.1, 0.15) is 23.4 Å². The number of amides is 1. The van der Waals surface area contributed by atoms with Crippen molar-refractivity contribution in [2.75, 3.05) is 39.7 Å². The maximum atomic E-state index is 11.0. The summed E-state index contributed by atoms with van der Waals surface area (Å²) in [5.41, 5.74) is 2.96. The van der Waals surface area contributed by atoms with E-state index in [2.05, 4.69) is 35.5 Å². The van der Waals surface area contributed by atoms with Crippen LogP contribution >= 0.6 is 0 Å². The average molecular weight is 376 g/mol. The van der Waals surface area contributed by atoms with Crippen LogP contribution in [-0.2, 0) is 22.6 Å². The molecule has 0 saturated heterocycles. The van der Waals surface area contributed by atoms with E-state index in [0.29, 0.717) is 26.2 Å². The number of anilines is 2. The van der Waals surface area contributed by atoms with Gasteiger partial charge in [0.15, 0.2) is 5.82 Å². The van der Waals surface area contributed by atoms with E-state index in [1.54, 1.807) is 0 Å². The lowest BCUT2D eigenvalue weighted by Gasteiger charge is -2.15. The minimum atomic E-state index is -0.433. The number of nitrogens with zero attached hydrogens (tertiary/aromatic N) is 3. The van der Waals surface area contributed by atoms with Gasteiger partial charge in [-0.2, -0.15) is 5.10 Å². The first-order valence-electron chi connectivity index (χ1n) is 8.80. The Hall–Kier alpha value is -2.65. The van der Waals surface area contributed by atoms with Gasteiger partial charge in [-0.1, -0.05) is 6.07 Å². The predicted molar refractivity (Wildman–Crippen MR) is 103 cm³/mol. The number of alkyl carbamates (subject to hydrolysis) is 1. The Kier molecular flexibility index (Phi) is 8.02. The highest BCUT2D eigenvalue weighted by Gasteiger charge is 2.09. The van der Waals surface area contributed by atoms with E-state index >= 15 is 0 Å². The number of hydrogen-bond donors (Lipinski definition) is 3. The summed E-state index contributed by atoms with van der Waals surface area (Å²) >= 11 is 0. The van der Waals surface area contributed by atoms with Crippen molar-refractivity contribution < 1.29 is 14.3 Å². The van der Waals surface area contributed by atoms with Crippen molar-refractivity contribution in [1.82, 2.24) is 25.4 Å². The van der Waals surface area contributed by atoms with E-state index in [-0.39, 0.29) is 0 Å². The number of aromatic amines is 1. The predicted octanol–water partition coefficient (Wildman–Crippen LogP) is 2.18. The van der Waals surface area contributed by atoms with Crippen LogP contribution in [0.5, 0.6) is 0 Å². The summed E-state index contributed by atoms with van der Waals surface area (Å²) in [5.74, 6) is 1.44. The molecule has 2 heterocycles. The van der Waals surface area contributed by atoms with Crippen molar-refractivity contribution in [2.24, 2.45) is 0 Å². The van der Waals surface area contributed by atoms with Crippen LogP contribution in [0.3, 0.4) is 0 Å². The fourth-order valence-electron chi connectivity index (χ4n) is 2.43. The zero-order chi connectivity index (χ0) is 19.6. The molecule has 0 bridgehead atoms.